The Morgan fingerprint density at radius 3 is 3.07 bits per heavy atom. The summed E-state index contributed by atoms with van der Waals surface area (Å²) in [6.07, 6.45) is 6.15. The van der Waals surface area contributed by atoms with Crippen LogP contribution in [-0.2, 0) is 4.74 Å². The van der Waals surface area contributed by atoms with Crippen molar-refractivity contribution >= 4 is 17.3 Å². The quantitative estimate of drug-likeness (QED) is 0.675. The summed E-state index contributed by atoms with van der Waals surface area (Å²) >= 11 is 1.50. The van der Waals surface area contributed by atoms with E-state index in [0.717, 1.165) is 29.4 Å². The van der Waals surface area contributed by atoms with Crippen molar-refractivity contribution in [2.24, 2.45) is 0 Å². The Labute approximate surface area is 160 Å². The highest BCUT2D eigenvalue weighted by Gasteiger charge is 2.33. The lowest BCUT2D eigenvalue weighted by atomic mass is 9.98. The fourth-order valence-corrected chi connectivity index (χ4v) is 4.23. The first-order chi connectivity index (χ1) is 13.2. The first-order valence-electron chi connectivity index (χ1n) is 8.85. The van der Waals surface area contributed by atoms with E-state index in [1.165, 1.54) is 11.3 Å². The number of aromatic nitrogens is 5. The lowest BCUT2D eigenvalue weighted by molar-refractivity contribution is 0.0520. The highest BCUT2D eigenvalue weighted by Crippen LogP contribution is 2.38. The average Bonchev–Trinajstić information content (AvgIpc) is 3.41. The molecule has 0 aromatic carbocycles. The zero-order valence-corrected chi connectivity index (χ0v) is 15.9. The predicted molar refractivity (Wildman–Crippen MR) is 100 cm³/mol. The second-order valence-electron chi connectivity index (χ2n) is 6.32. The number of hydrogen-bond acceptors (Lipinski definition) is 8. The smallest absolute Gasteiger partial charge is 0.357 e. The lowest BCUT2D eigenvalue weighted by Gasteiger charge is -2.18. The van der Waals surface area contributed by atoms with Gasteiger partial charge >= 0.3 is 5.97 Å². The Hall–Kier alpha value is -2.65. The molecule has 1 fully saturated rings. The molecule has 1 saturated heterocycles. The maximum Gasteiger partial charge on any atom is 0.357 e. The van der Waals surface area contributed by atoms with Crippen LogP contribution in [0, 0.1) is 6.92 Å². The van der Waals surface area contributed by atoms with Crippen LogP contribution in [0.1, 0.15) is 52.2 Å². The van der Waals surface area contributed by atoms with Crippen molar-refractivity contribution in [2.75, 3.05) is 13.2 Å². The van der Waals surface area contributed by atoms with Gasteiger partial charge in [0.05, 0.1) is 23.4 Å². The summed E-state index contributed by atoms with van der Waals surface area (Å²) in [6.45, 7) is 4.96. The van der Waals surface area contributed by atoms with Crippen molar-refractivity contribution in [1.82, 2.24) is 29.8 Å². The normalized spacial score (nSPS) is 19.3. The van der Waals surface area contributed by atoms with Crippen LogP contribution in [0.4, 0.5) is 0 Å². The Morgan fingerprint density at radius 2 is 2.30 bits per heavy atom. The number of nitrogens with one attached hydrogen (secondary N) is 1. The van der Waals surface area contributed by atoms with Crippen molar-refractivity contribution in [3.63, 3.8) is 0 Å². The number of thiazole rings is 1. The first kappa shape index (κ1) is 17.7. The van der Waals surface area contributed by atoms with Crippen LogP contribution in [0.2, 0.25) is 0 Å². The third-order valence-corrected chi connectivity index (χ3v) is 5.44. The molecule has 0 amide bonds. The third kappa shape index (κ3) is 3.60. The van der Waals surface area contributed by atoms with Crippen LogP contribution >= 0.6 is 11.3 Å². The van der Waals surface area contributed by atoms with Gasteiger partial charge in [-0.25, -0.2) is 24.7 Å². The van der Waals surface area contributed by atoms with E-state index in [-0.39, 0.29) is 17.9 Å². The summed E-state index contributed by atoms with van der Waals surface area (Å²) in [5, 5.41) is 6.21. The number of aryl methyl sites for hydroxylation is 1. The van der Waals surface area contributed by atoms with E-state index in [9.17, 15) is 4.79 Å². The molecule has 8 nitrogen and oxygen atoms in total. The Kier molecular flexibility index (Phi) is 4.95. The van der Waals surface area contributed by atoms with Crippen molar-refractivity contribution < 1.29 is 9.53 Å². The zero-order valence-electron chi connectivity index (χ0n) is 15.1. The van der Waals surface area contributed by atoms with Gasteiger partial charge in [-0.1, -0.05) is 0 Å². The molecule has 0 spiro atoms. The Balaban J connectivity index is 1.63. The van der Waals surface area contributed by atoms with E-state index in [1.54, 1.807) is 29.4 Å². The maximum absolute atomic E-state index is 11.9. The molecule has 0 radical (unpaired) electrons. The predicted octanol–water partition coefficient (Wildman–Crippen LogP) is 2.42. The number of rotatable bonds is 5. The van der Waals surface area contributed by atoms with Crippen LogP contribution in [0.25, 0.3) is 5.95 Å². The molecule has 1 N–H and O–H groups in total. The molecule has 3 aromatic rings. The van der Waals surface area contributed by atoms with Crippen LogP contribution < -0.4 is 5.32 Å². The van der Waals surface area contributed by atoms with Gasteiger partial charge in [-0.2, -0.15) is 0 Å². The molecular weight excluding hydrogens is 364 g/mol. The summed E-state index contributed by atoms with van der Waals surface area (Å²) in [7, 11) is 0. The van der Waals surface area contributed by atoms with Gasteiger partial charge in [0.15, 0.2) is 5.69 Å². The summed E-state index contributed by atoms with van der Waals surface area (Å²) in [4.78, 5) is 29.8. The third-order valence-electron chi connectivity index (χ3n) is 4.46. The largest absolute Gasteiger partial charge is 0.461 e. The first-order valence-corrected chi connectivity index (χ1v) is 9.73. The second kappa shape index (κ2) is 7.53. The number of carbonyl (C=O) groups excluding carboxylic acids is 1. The highest BCUT2D eigenvalue weighted by molar-refractivity contribution is 7.09. The Bertz CT molecular complexity index is 939. The number of carbonyl (C=O) groups is 1. The fourth-order valence-electron chi connectivity index (χ4n) is 3.27. The van der Waals surface area contributed by atoms with Gasteiger partial charge in [0.1, 0.15) is 6.33 Å². The Morgan fingerprint density at radius 1 is 1.41 bits per heavy atom. The molecule has 1 aliphatic rings. The van der Waals surface area contributed by atoms with Gasteiger partial charge in [0.25, 0.3) is 0 Å². The van der Waals surface area contributed by atoms with Gasteiger partial charge in [-0.3, -0.25) is 4.57 Å². The molecule has 9 heteroatoms. The monoisotopic (exact) mass is 384 g/mol. The van der Waals surface area contributed by atoms with Crippen molar-refractivity contribution in [2.45, 2.75) is 32.2 Å². The molecule has 0 unspecified atom stereocenters. The summed E-state index contributed by atoms with van der Waals surface area (Å²) < 4.78 is 6.84. The summed E-state index contributed by atoms with van der Waals surface area (Å²) in [5.74, 6) is 0.382. The fraction of sp³-hybridized carbons (Fsp3) is 0.389. The van der Waals surface area contributed by atoms with E-state index in [2.05, 4.69) is 20.3 Å². The van der Waals surface area contributed by atoms with Gasteiger partial charge in [0, 0.05) is 29.4 Å². The minimum absolute atomic E-state index is 0.0233. The van der Waals surface area contributed by atoms with Crippen molar-refractivity contribution in [3.8, 4) is 5.95 Å². The van der Waals surface area contributed by atoms with Gasteiger partial charge in [-0.15, -0.1) is 11.3 Å². The topological polar surface area (TPSA) is 94.8 Å². The van der Waals surface area contributed by atoms with Crippen LogP contribution in [0.15, 0.2) is 30.2 Å². The molecule has 140 valence electrons. The number of ether oxygens (including phenoxy) is 1. The lowest BCUT2D eigenvalue weighted by Crippen LogP contribution is -2.20. The van der Waals surface area contributed by atoms with Gasteiger partial charge in [0.2, 0.25) is 5.95 Å². The average molecular weight is 384 g/mol. The zero-order chi connectivity index (χ0) is 18.8. The van der Waals surface area contributed by atoms with Crippen LogP contribution in [0.5, 0.6) is 0 Å². The van der Waals surface area contributed by atoms with E-state index in [0.29, 0.717) is 18.2 Å². The molecule has 0 aliphatic carbocycles. The minimum atomic E-state index is -0.372. The summed E-state index contributed by atoms with van der Waals surface area (Å²) in [5.41, 5.74) is 2.18. The molecule has 1 aliphatic heterocycles. The standard InChI is InChI=1S/C18H20N6O2S/c1-3-26-17(25)14-9-27-16(22-14)12-4-5-20-15(12)13-8-11(2)21-18(23-13)24-7-6-19-10-24/h6-10,12,15,20H,3-5H2,1-2H3/t12-,15+/m0/s1. The van der Waals surface area contributed by atoms with E-state index in [4.69, 9.17) is 9.72 Å². The molecule has 0 saturated carbocycles. The molecule has 4 rings (SSSR count). The minimum Gasteiger partial charge on any atom is -0.461 e. The van der Waals surface area contributed by atoms with E-state index in [1.807, 2.05) is 19.2 Å². The van der Waals surface area contributed by atoms with E-state index >= 15 is 0 Å². The molecule has 2 atom stereocenters. The highest BCUT2D eigenvalue weighted by atomic mass is 32.1. The second-order valence-corrected chi connectivity index (χ2v) is 7.21. The molecular formula is C18H20N6O2S. The SMILES string of the molecule is CCOC(=O)c1csc([C@H]2CCN[C@H]2c2cc(C)nc(-n3ccnc3)n2)n1. The maximum atomic E-state index is 11.9. The molecule has 4 heterocycles. The van der Waals surface area contributed by atoms with Gasteiger partial charge in [-0.05, 0) is 32.9 Å². The van der Waals surface area contributed by atoms with Gasteiger partial charge < -0.3 is 10.1 Å². The number of nitrogens with zero attached hydrogens (tertiary/aromatic N) is 5. The molecule has 27 heavy (non-hydrogen) atoms. The van der Waals surface area contributed by atoms with Crippen LogP contribution in [0.3, 0.4) is 0 Å². The van der Waals surface area contributed by atoms with Crippen molar-refractivity contribution in [1.29, 1.82) is 0 Å². The molecule has 3 aromatic heterocycles. The number of imidazole rings is 1. The number of hydrogen-bond donors (Lipinski definition) is 1. The van der Waals surface area contributed by atoms with Crippen molar-refractivity contribution in [3.05, 3.63) is 52.3 Å². The number of esters is 1. The van der Waals surface area contributed by atoms with Crippen LogP contribution in [-0.4, -0.2) is 43.6 Å². The van der Waals surface area contributed by atoms with E-state index < -0.39 is 0 Å². The summed E-state index contributed by atoms with van der Waals surface area (Å²) in [6, 6.07) is 2.02. The molecule has 0 bridgehead atoms.